The summed E-state index contributed by atoms with van der Waals surface area (Å²) < 4.78 is 0. The zero-order valence-electron chi connectivity index (χ0n) is 13.3. The number of carboxylic acid groups (broad SMARTS) is 1. The first-order chi connectivity index (χ1) is 10.5. The van der Waals surface area contributed by atoms with Crippen LogP contribution in [0.15, 0.2) is 30.3 Å². The molecule has 0 aliphatic rings. The third kappa shape index (κ3) is 5.72. The van der Waals surface area contributed by atoms with Crippen LogP contribution in [0.3, 0.4) is 0 Å². The number of carbonyl (C=O) groups is 2. The van der Waals surface area contributed by atoms with E-state index in [1.165, 1.54) is 0 Å². The number of nitrogens with one attached hydrogen (secondary N) is 1. The van der Waals surface area contributed by atoms with E-state index >= 15 is 0 Å². The van der Waals surface area contributed by atoms with Crippen LogP contribution >= 0.6 is 11.8 Å². The van der Waals surface area contributed by atoms with E-state index in [0.29, 0.717) is 12.0 Å². The van der Waals surface area contributed by atoms with Crippen LogP contribution in [0.2, 0.25) is 0 Å². The molecular formula is C17H25NO3S. The quantitative estimate of drug-likeness (QED) is 0.649. The molecule has 0 aliphatic heterocycles. The largest absolute Gasteiger partial charge is 0.481 e. The van der Waals surface area contributed by atoms with E-state index in [2.05, 4.69) is 12.2 Å². The van der Waals surface area contributed by atoms with Crippen molar-refractivity contribution in [3.8, 4) is 0 Å². The second-order valence-corrected chi connectivity index (χ2v) is 6.72. The first kappa shape index (κ1) is 18.6. The average molecular weight is 323 g/mol. The lowest BCUT2D eigenvalue weighted by molar-refractivity contribution is -0.143. The lowest BCUT2D eigenvalue weighted by Gasteiger charge is -2.25. The summed E-state index contributed by atoms with van der Waals surface area (Å²) >= 11 is 1.77. The number of benzene rings is 1. The van der Waals surface area contributed by atoms with Gasteiger partial charge in [0.05, 0.1) is 0 Å². The first-order valence-corrected chi connectivity index (χ1v) is 8.79. The average Bonchev–Trinajstić information content (AvgIpc) is 2.53. The van der Waals surface area contributed by atoms with Crippen molar-refractivity contribution in [2.75, 3.05) is 18.1 Å². The van der Waals surface area contributed by atoms with Crippen molar-refractivity contribution in [1.82, 2.24) is 5.32 Å². The molecule has 0 radical (unpaired) electrons. The Hall–Kier alpha value is -1.49. The van der Waals surface area contributed by atoms with Crippen LogP contribution in [0.5, 0.6) is 0 Å². The molecule has 0 saturated carbocycles. The van der Waals surface area contributed by atoms with Crippen molar-refractivity contribution in [3.05, 3.63) is 35.9 Å². The lowest BCUT2D eigenvalue weighted by Crippen LogP contribution is -2.44. The van der Waals surface area contributed by atoms with Gasteiger partial charge in [-0.2, -0.15) is 11.8 Å². The van der Waals surface area contributed by atoms with Crippen molar-refractivity contribution < 1.29 is 14.7 Å². The first-order valence-electron chi connectivity index (χ1n) is 7.64. The van der Waals surface area contributed by atoms with Crippen LogP contribution in [0.25, 0.3) is 0 Å². The third-order valence-electron chi connectivity index (χ3n) is 3.64. The van der Waals surface area contributed by atoms with Gasteiger partial charge in [0.1, 0.15) is 5.41 Å². The summed E-state index contributed by atoms with van der Waals surface area (Å²) in [6, 6.07) is 9.02. The normalized spacial score (nSPS) is 13.4. The molecule has 0 aromatic heterocycles. The molecule has 122 valence electrons. The van der Waals surface area contributed by atoms with Crippen molar-refractivity contribution >= 4 is 23.6 Å². The number of hydrogen-bond acceptors (Lipinski definition) is 3. The second kappa shape index (κ2) is 9.51. The fourth-order valence-electron chi connectivity index (χ4n) is 1.98. The molecule has 1 aromatic rings. The number of carboxylic acids is 1. The molecule has 22 heavy (non-hydrogen) atoms. The van der Waals surface area contributed by atoms with Gasteiger partial charge in [-0.1, -0.05) is 43.7 Å². The summed E-state index contributed by atoms with van der Waals surface area (Å²) in [7, 11) is 0. The second-order valence-electron chi connectivity index (χ2n) is 5.50. The summed E-state index contributed by atoms with van der Waals surface area (Å²) in [5.74, 6) is 0.824. The summed E-state index contributed by atoms with van der Waals surface area (Å²) in [6.45, 7) is 3.88. The number of carbonyl (C=O) groups excluding carboxylic acids is 1. The molecule has 1 atom stereocenters. The number of aliphatic carboxylic acids is 1. The number of thioether (sulfide) groups is 1. The van der Waals surface area contributed by atoms with Gasteiger partial charge in [0, 0.05) is 18.7 Å². The van der Waals surface area contributed by atoms with Gasteiger partial charge in [-0.15, -0.1) is 0 Å². The SMILES string of the molecule is CCCCSCCC(=O)NCC(C)(C(=O)O)c1ccccc1. The molecule has 0 spiro atoms. The Morgan fingerprint density at radius 1 is 1.23 bits per heavy atom. The van der Waals surface area contributed by atoms with Crippen LogP contribution in [0, 0.1) is 0 Å². The van der Waals surface area contributed by atoms with E-state index in [1.807, 2.05) is 18.2 Å². The molecule has 1 aromatic carbocycles. The van der Waals surface area contributed by atoms with E-state index in [1.54, 1.807) is 30.8 Å². The van der Waals surface area contributed by atoms with Crippen LogP contribution in [-0.2, 0) is 15.0 Å². The zero-order valence-corrected chi connectivity index (χ0v) is 14.1. The molecule has 5 heteroatoms. The molecular weight excluding hydrogens is 298 g/mol. The molecule has 1 amide bonds. The van der Waals surface area contributed by atoms with E-state index in [4.69, 9.17) is 0 Å². The van der Waals surface area contributed by atoms with Gasteiger partial charge in [0.15, 0.2) is 0 Å². The topological polar surface area (TPSA) is 66.4 Å². The Balaban J connectivity index is 2.48. The Labute approximate surface area is 136 Å². The molecule has 0 aliphatic carbocycles. The van der Waals surface area contributed by atoms with Crippen LogP contribution in [-0.4, -0.2) is 35.0 Å². The predicted octanol–water partition coefficient (Wildman–Crippen LogP) is 3.07. The van der Waals surface area contributed by atoms with Crippen LogP contribution < -0.4 is 5.32 Å². The highest BCUT2D eigenvalue weighted by Gasteiger charge is 2.35. The smallest absolute Gasteiger partial charge is 0.315 e. The molecule has 2 N–H and O–H groups in total. The monoisotopic (exact) mass is 323 g/mol. The minimum Gasteiger partial charge on any atom is -0.481 e. The fourth-order valence-corrected chi connectivity index (χ4v) is 3.01. The van der Waals surface area contributed by atoms with Gasteiger partial charge in [0.2, 0.25) is 5.91 Å². The van der Waals surface area contributed by atoms with Crippen LogP contribution in [0.4, 0.5) is 0 Å². The van der Waals surface area contributed by atoms with E-state index < -0.39 is 11.4 Å². The minimum atomic E-state index is -1.10. The zero-order chi connectivity index (χ0) is 16.4. The standard InChI is InChI=1S/C17H25NO3S/c1-3-4-11-22-12-10-15(19)18-13-17(2,16(20)21)14-8-6-5-7-9-14/h5-9H,3-4,10-13H2,1-2H3,(H,18,19)(H,20,21). The van der Waals surface area contributed by atoms with Crippen molar-refractivity contribution in [3.63, 3.8) is 0 Å². The highest BCUT2D eigenvalue weighted by atomic mass is 32.2. The van der Waals surface area contributed by atoms with E-state index in [0.717, 1.165) is 24.3 Å². The van der Waals surface area contributed by atoms with Gasteiger partial charge in [0.25, 0.3) is 0 Å². The molecule has 0 saturated heterocycles. The summed E-state index contributed by atoms with van der Waals surface area (Å²) in [6.07, 6.45) is 2.75. The predicted molar refractivity (Wildman–Crippen MR) is 91.3 cm³/mol. The highest BCUT2D eigenvalue weighted by Crippen LogP contribution is 2.23. The van der Waals surface area contributed by atoms with Gasteiger partial charge in [-0.3, -0.25) is 9.59 Å². The Morgan fingerprint density at radius 3 is 2.50 bits per heavy atom. The summed E-state index contributed by atoms with van der Waals surface area (Å²) in [5, 5.41) is 12.3. The van der Waals surface area contributed by atoms with Gasteiger partial charge >= 0.3 is 5.97 Å². The lowest BCUT2D eigenvalue weighted by atomic mass is 9.82. The minimum absolute atomic E-state index is 0.0904. The van der Waals surface area contributed by atoms with Crippen molar-refractivity contribution in [1.29, 1.82) is 0 Å². The number of hydrogen-bond donors (Lipinski definition) is 2. The third-order valence-corrected chi connectivity index (χ3v) is 4.71. The molecule has 0 bridgehead atoms. The molecule has 0 heterocycles. The summed E-state index contributed by atoms with van der Waals surface area (Å²) in [5.41, 5.74) is -0.410. The summed E-state index contributed by atoms with van der Waals surface area (Å²) in [4.78, 5) is 23.5. The van der Waals surface area contributed by atoms with Crippen molar-refractivity contribution in [2.45, 2.75) is 38.5 Å². The molecule has 1 rings (SSSR count). The van der Waals surface area contributed by atoms with Crippen molar-refractivity contribution in [2.24, 2.45) is 0 Å². The molecule has 4 nitrogen and oxygen atoms in total. The number of amides is 1. The maximum atomic E-state index is 11.9. The Bertz CT molecular complexity index is 478. The van der Waals surface area contributed by atoms with E-state index in [-0.39, 0.29) is 12.5 Å². The van der Waals surface area contributed by atoms with Gasteiger partial charge in [-0.25, -0.2) is 0 Å². The molecule has 0 fully saturated rings. The van der Waals surface area contributed by atoms with E-state index in [9.17, 15) is 14.7 Å². The molecule has 1 unspecified atom stereocenters. The van der Waals surface area contributed by atoms with Gasteiger partial charge in [-0.05, 0) is 24.7 Å². The Kier molecular flexibility index (Phi) is 8.02. The highest BCUT2D eigenvalue weighted by molar-refractivity contribution is 7.99. The van der Waals surface area contributed by atoms with Crippen LogP contribution in [0.1, 0.15) is 38.7 Å². The maximum absolute atomic E-state index is 11.9. The Morgan fingerprint density at radius 2 is 1.91 bits per heavy atom. The number of unbranched alkanes of at least 4 members (excludes halogenated alkanes) is 1. The fraction of sp³-hybridized carbons (Fsp3) is 0.529. The number of rotatable bonds is 10. The van der Waals surface area contributed by atoms with Gasteiger partial charge < -0.3 is 10.4 Å². The maximum Gasteiger partial charge on any atom is 0.315 e.